The summed E-state index contributed by atoms with van der Waals surface area (Å²) in [6, 6.07) is 12.9. The Morgan fingerprint density at radius 3 is 2.44 bits per heavy atom. The molecule has 0 aromatic heterocycles. The maximum absolute atomic E-state index is 5.94. The van der Waals surface area contributed by atoms with Gasteiger partial charge in [0, 0.05) is 16.8 Å². The van der Waals surface area contributed by atoms with Gasteiger partial charge in [0.05, 0.1) is 12.1 Å². The number of nitrogens with two attached hydrogens (primary N) is 1. The van der Waals surface area contributed by atoms with Crippen LogP contribution in [0, 0.1) is 11.8 Å². The van der Waals surface area contributed by atoms with Crippen molar-refractivity contribution in [3.8, 4) is 17.6 Å². The molecule has 0 aliphatic heterocycles. The number of nitrogen functional groups attached to an aromatic ring is 1. The third-order valence-corrected chi connectivity index (χ3v) is 2.70. The van der Waals surface area contributed by atoms with Gasteiger partial charge in [-0.1, -0.05) is 29.5 Å². The molecular formula is C15H12ClNO. The van der Waals surface area contributed by atoms with E-state index in [2.05, 4.69) is 11.8 Å². The Morgan fingerprint density at radius 2 is 1.78 bits per heavy atom. The molecule has 0 unspecified atom stereocenters. The Bertz CT molecular complexity index is 626. The Balaban J connectivity index is 2.30. The van der Waals surface area contributed by atoms with Crippen LogP contribution in [-0.2, 0) is 0 Å². The van der Waals surface area contributed by atoms with Gasteiger partial charge in [0.2, 0.25) is 0 Å². The average molecular weight is 258 g/mol. The topological polar surface area (TPSA) is 35.2 Å². The Labute approximate surface area is 111 Å². The summed E-state index contributed by atoms with van der Waals surface area (Å²) >= 11 is 5.94. The highest BCUT2D eigenvalue weighted by molar-refractivity contribution is 6.32. The fourth-order valence-corrected chi connectivity index (χ4v) is 1.69. The van der Waals surface area contributed by atoms with Crippen LogP contribution in [-0.4, -0.2) is 7.11 Å². The van der Waals surface area contributed by atoms with Crippen LogP contribution in [0.3, 0.4) is 0 Å². The van der Waals surface area contributed by atoms with Gasteiger partial charge in [0.25, 0.3) is 0 Å². The fourth-order valence-electron chi connectivity index (χ4n) is 1.50. The summed E-state index contributed by atoms with van der Waals surface area (Å²) in [6.07, 6.45) is 0. The van der Waals surface area contributed by atoms with E-state index in [4.69, 9.17) is 22.1 Å². The highest BCUT2D eigenvalue weighted by Crippen LogP contribution is 2.24. The zero-order valence-corrected chi connectivity index (χ0v) is 10.7. The number of halogens is 1. The highest BCUT2D eigenvalue weighted by atomic mass is 35.5. The molecule has 0 bridgehead atoms. The largest absolute Gasteiger partial charge is 0.495 e. The second-order valence-corrected chi connectivity index (χ2v) is 4.13. The van der Waals surface area contributed by atoms with Crippen LogP contribution in [0.1, 0.15) is 11.1 Å². The second-order valence-electron chi connectivity index (χ2n) is 3.72. The molecule has 0 heterocycles. The first kappa shape index (κ1) is 12.3. The molecule has 0 atom stereocenters. The number of methoxy groups -OCH3 is 1. The molecule has 2 aromatic carbocycles. The lowest BCUT2D eigenvalue weighted by atomic mass is 10.1. The highest BCUT2D eigenvalue weighted by Gasteiger charge is 1.99. The summed E-state index contributed by atoms with van der Waals surface area (Å²) in [6.45, 7) is 0. The number of hydrogen-bond acceptors (Lipinski definition) is 2. The van der Waals surface area contributed by atoms with E-state index in [9.17, 15) is 0 Å². The van der Waals surface area contributed by atoms with E-state index < -0.39 is 0 Å². The molecular weight excluding hydrogens is 246 g/mol. The maximum atomic E-state index is 5.94. The Kier molecular flexibility index (Phi) is 3.76. The monoisotopic (exact) mass is 257 g/mol. The van der Waals surface area contributed by atoms with Gasteiger partial charge in [-0.15, -0.1) is 0 Å². The summed E-state index contributed by atoms with van der Waals surface area (Å²) in [5.74, 6) is 6.71. The molecule has 0 saturated carbocycles. The van der Waals surface area contributed by atoms with E-state index in [0.717, 1.165) is 11.1 Å². The molecule has 0 fully saturated rings. The van der Waals surface area contributed by atoms with Crippen LogP contribution in [0.25, 0.3) is 0 Å². The van der Waals surface area contributed by atoms with Crippen LogP contribution in [0.4, 0.5) is 5.69 Å². The molecule has 2 N–H and O–H groups in total. The first-order valence-corrected chi connectivity index (χ1v) is 5.78. The Hall–Kier alpha value is -2.11. The molecule has 0 saturated heterocycles. The quantitative estimate of drug-likeness (QED) is 0.628. The predicted molar refractivity (Wildman–Crippen MR) is 74.8 cm³/mol. The number of rotatable bonds is 1. The first-order valence-electron chi connectivity index (χ1n) is 5.40. The number of ether oxygens (including phenoxy) is 1. The molecule has 90 valence electrons. The summed E-state index contributed by atoms with van der Waals surface area (Å²) in [4.78, 5) is 0. The first-order chi connectivity index (χ1) is 8.69. The van der Waals surface area contributed by atoms with E-state index in [0.29, 0.717) is 16.5 Å². The van der Waals surface area contributed by atoms with E-state index in [1.54, 1.807) is 13.2 Å². The smallest absolute Gasteiger partial charge is 0.138 e. The third kappa shape index (κ3) is 2.97. The normalized spacial score (nSPS) is 9.44. The molecule has 3 heteroatoms. The molecule has 0 aliphatic carbocycles. The van der Waals surface area contributed by atoms with Crippen molar-refractivity contribution in [2.75, 3.05) is 12.8 Å². The van der Waals surface area contributed by atoms with Crippen molar-refractivity contribution in [3.63, 3.8) is 0 Å². The fraction of sp³-hybridized carbons (Fsp3) is 0.0667. The van der Waals surface area contributed by atoms with Crippen LogP contribution in [0.5, 0.6) is 5.75 Å². The molecule has 0 aliphatic rings. The lowest BCUT2D eigenvalue weighted by Crippen LogP contribution is -1.86. The van der Waals surface area contributed by atoms with Crippen molar-refractivity contribution >= 4 is 17.3 Å². The zero-order valence-electron chi connectivity index (χ0n) is 9.91. The van der Waals surface area contributed by atoms with E-state index in [-0.39, 0.29) is 0 Å². The number of benzene rings is 2. The minimum absolute atomic E-state index is 0.576. The minimum Gasteiger partial charge on any atom is -0.495 e. The molecule has 2 nitrogen and oxygen atoms in total. The number of anilines is 1. The van der Waals surface area contributed by atoms with Gasteiger partial charge in [-0.05, 0) is 36.4 Å². The van der Waals surface area contributed by atoms with Crippen LogP contribution < -0.4 is 10.5 Å². The summed E-state index contributed by atoms with van der Waals surface area (Å²) in [7, 11) is 1.58. The maximum Gasteiger partial charge on any atom is 0.138 e. The summed E-state index contributed by atoms with van der Waals surface area (Å²) in [5, 5.41) is 0.576. The minimum atomic E-state index is 0.576. The van der Waals surface area contributed by atoms with Gasteiger partial charge in [-0.3, -0.25) is 0 Å². The molecule has 2 rings (SSSR count). The lowest BCUT2D eigenvalue weighted by Gasteiger charge is -2.02. The van der Waals surface area contributed by atoms with Crippen LogP contribution in [0.15, 0.2) is 42.5 Å². The second kappa shape index (κ2) is 5.48. The van der Waals surface area contributed by atoms with Gasteiger partial charge in [0.1, 0.15) is 5.75 Å². The van der Waals surface area contributed by atoms with Gasteiger partial charge in [0.15, 0.2) is 0 Å². The van der Waals surface area contributed by atoms with Gasteiger partial charge in [-0.25, -0.2) is 0 Å². The molecule has 0 amide bonds. The predicted octanol–water partition coefficient (Wildman–Crippen LogP) is 3.33. The van der Waals surface area contributed by atoms with Gasteiger partial charge >= 0.3 is 0 Å². The van der Waals surface area contributed by atoms with Crippen molar-refractivity contribution in [3.05, 3.63) is 58.6 Å². The van der Waals surface area contributed by atoms with E-state index >= 15 is 0 Å². The Morgan fingerprint density at radius 1 is 1.06 bits per heavy atom. The van der Waals surface area contributed by atoms with Gasteiger partial charge < -0.3 is 10.5 Å². The summed E-state index contributed by atoms with van der Waals surface area (Å²) < 4.78 is 5.14. The van der Waals surface area contributed by atoms with Crippen molar-refractivity contribution < 1.29 is 4.74 Å². The van der Waals surface area contributed by atoms with Crippen molar-refractivity contribution in [1.29, 1.82) is 0 Å². The van der Waals surface area contributed by atoms with Crippen LogP contribution >= 0.6 is 11.6 Å². The summed E-state index contributed by atoms with van der Waals surface area (Å²) in [5.41, 5.74) is 8.12. The zero-order chi connectivity index (χ0) is 13.0. The SMILES string of the molecule is COc1cc(C#Cc2cccc(N)c2)ccc1Cl. The van der Waals surface area contributed by atoms with Crippen molar-refractivity contribution in [2.45, 2.75) is 0 Å². The van der Waals surface area contributed by atoms with Crippen LogP contribution in [0.2, 0.25) is 5.02 Å². The molecule has 0 spiro atoms. The lowest BCUT2D eigenvalue weighted by molar-refractivity contribution is 0.415. The standard InChI is InChI=1S/C15H12ClNO/c1-18-15-10-12(7-8-14(15)16)6-5-11-3-2-4-13(17)9-11/h2-4,7-10H,17H2,1H3. The van der Waals surface area contributed by atoms with Crippen molar-refractivity contribution in [2.24, 2.45) is 0 Å². The molecule has 18 heavy (non-hydrogen) atoms. The molecule has 0 radical (unpaired) electrons. The van der Waals surface area contributed by atoms with E-state index in [1.165, 1.54) is 0 Å². The van der Waals surface area contributed by atoms with Crippen molar-refractivity contribution in [1.82, 2.24) is 0 Å². The van der Waals surface area contributed by atoms with Gasteiger partial charge in [-0.2, -0.15) is 0 Å². The third-order valence-electron chi connectivity index (χ3n) is 2.39. The molecule has 2 aromatic rings. The number of hydrogen-bond donors (Lipinski definition) is 1. The van der Waals surface area contributed by atoms with E-state index in [1.807, 2.05) is 36.4 Å². The average Bonchev–Trinajstić information content (AvgIpc) is 2.38.